The molecule has 5 nitrogen and oxygen atoms in total. The van der Waals surface area contributed by atoms with Gasteiger partial charge in [-0.15, -0.1) is 0 Å². The first-order chi connectivity index (χ1) is 9.82. The fourth-order valence-corrected chi connectivity index (χ4v) is 1.94. The molecule has 1 aromatic carbocycles. The highest BCUT2D eigenvalue weighted by atomic mass is 19.4. The van der Waals surface area contributed by atoms with E-state index in [4.69, 9.17) is 15.7 Å². The Morgan fingerprint density at radius 3 is 2.57 bits per heavy atom. The Morgan fingerprint density at radius 2 is 2.10 bits per heavy atom. The van der Waals surface area contributed by atoms with E-state index in [9.17, 15) is 13.2 Å². The molecule has 0 amide bonds. The molecule has 0 unspecified atom stereocenters. The van der Waals surface area contributed by atoms with Crippen molar-refractivity contribution in [3.05, 3.63) is 23.8 Å². The highest BCUT2D eigenvalue weighted by molar-refractivity contribution is 6.02. The van der Waals surface area contributed by atoms with Crippen LogP contribution < -0.4 is 15.4 Å². The number of benzene rings is 1. The van der Waals surface area contributed by atoms with Gasteiger partial charge in [0, 0.05) is 18.2 Å². The molecule has 1 rings (SSSR count). The van der Waals surface area contributed by atoms with Crippen molar-refractivity contribution in [3.8, 4) is 5.75 Å². The summed E-state index contributed by atoms with van der Waals surface area (Å²) in [5, 5.41) is 11.6. The summed E-state index contributed by atoms with van der Waals surface area (Å²) in [4.78, 5) is 1.13. The number of anilines is 1. The third-order valence-corrected chi connectivity index (χ3v) is 2.79. The molecular formula is C13H18F3N3O2. The van der Waals surface area contributed by atoms with E-state index >= 15 is 0 Å². The van der Waals surface area contributed by atoms with Crippen molar-refractivity contribution < 1.29 is 23.1 Å². The van der Waals surface area contributed by atoms with Crippen LogP contribution in [0.3, 0.4) is 0 Å². The SMILES string of the molecule is CCCN(CC(F)(F)F)c1cc(OC)ccc1/C(N)=N/O. The van der Waals surface area contributed by atoms with Gasteiger partial charge in [-0.25, -0.2) is 0 Å². The number of amidine groups is 1. The highest BCUT2D eigenvalue weighted by Crippen LogP contribution is 2.29. The predicted octanol–water partition coefficient (Wildman–Crippen LogP) is 2.57. The lowest BCUT2D eigenvalue weighted by atomic mass is 10.1. The van der Waals surface area contributed by atoms with E-state index in [1.54, 1.807) is 6.92 Å². The van der Waals surface area contributed by atoms with Gasteiger partial charge in [0.05, 0.1) is 12.8 Å². The summed E-state index contributed by atoms with van der Waals surface area (Å²) >= 11 is 0. The van der Waals surface area contributed by atoms with Crippen molar-refractivity contribution in [2.24, 2.45) is 10.9 Å². The number of hydrogen-bond donors (Lipinski definition) is 2. The van der Waals surface area contributed by atoms with Crippen LogP contribution in [0, 0.1) is 0 Å². The number of ether oxygens (including phenoxy) is 1. The maximum Gasteiger partial charge on any atom is 0.405 e. The first-order valence-corrected chi connectivity index (χ1v) is 6.30. The van der Waals surface area contributed by atoms with Gasteiger partial charge in [-0.3, -0.25) is 0 Å². The zero-order chi connectivity index (χ0) is 16.0. The fourth-order valence-electron chi connectivity index (χ4n) is 1.94. The summed E-state index contributed by atoms with van der Waals surface area (Å²) in [6, 6.07) is 4.44. The van der Waals surface area contributed by atoms with Crippen molar-refractivity contribution in [1.29, 1.82) is 0 Å². The van der Waals surface area contributed by atoms with Crippen molar-refractivity contribution >= 4 is 11.5 Å². The van der Waals surface area contributed by atoms with E-state index < -0.39 is 12.7 Å². The molecule has 0 atom stereocenters. The standard InChI is InChI=1S/C13H18F3N3O2/c1-3-6-19(8-13(14,15)16)11-7-9(21-2)4-5-10(11)12(17)18-20/h4-5,7,20H,3,6,8H2,1-2H3,(H2,17,18). The van der Waals surface area contributed by atoms with Crippen LogP contribution in [0.2, 0.25) is 0 Å². The van der Waals surface area contributed by atoms with Crippen LogP contribution in [-0.4, -0.2) is 37.4 Å². The molecule has 0 fully saturated rings. The van der Waals surface area contributed by atoms with Crippen molar-refractivity contribution in [3.63, 3.8) is 0 Å². The summed E-state index contributed by atoms with van der Waals surface area (Å²) in [7, 11) is 1.41. The first kappa shape index (κ1) is 16.9. The Balaban J connectivity index is 3.32. The maximum absolute atomic E-state index is 12.7. The van der Waals surface area contributed by atoms with Crippen LogP contribution in [-0.2, 0) is 0 Å². The van der Waals surface area contributed by atoms with E-state index in [-0.39, 0.29) is 23.6 Å². The second kappa shape index (κ2) is 7.05. The molecule has 118 valence electrons. The number of halogens is 3. The molecule has 1 aromatic rings. The van der Waals surface area contributed by atoms with Gasteiger partial charge >= 0.3 is 6.18 Å². The van der Waals surface area contributed by atoms with Crippen molar-refractivity contribution in [1.82, 2.24) is 0 Å². The van der Waals surface area contributed by atoms with Gasteiger partial charge in [0.25, 0.3) is 0 Å². The largest absolute Gasteiger partial charge is 0.497 e. The number of oxime groups is 1. The third kappa shape index (κ3) is 4.73. The van der Waals surface area contributed by atoms with Crippen LogP contribution in [0.4, 0.5) is 18.9 Å². The van der Waals surface area contributed by atoms with Crippen LogP contribution in [0.5, 0.6) is 5.75 Å². The van der Waals surface area contributed by atoms with Crippen LogP contribution in [0.1, 0.15) is 18.9 Å². The minimum atomic E-state index is -4.36. The van der Waals surface area contributed by atoms with Gasteiger partial charge in [-0.05, 0) is 18.6 Å². The number of rotatable bonds is 6. The lowest BCUT2D eigenvalue weighted by molar-refractivity contribution is -0.119. The molecule has 0 radical (unpaired) electrons. The Labute approximate surface area is 120 Å². The Bertz CT molecular complexity index is 504. The van der Waals surface area contributed by atoms with Crippen LogP contribution in [0.25, 0.3) is 0 Å². The van der Waals surface area contributed by atoms with E-state index in [0.29, 0.717) is 12.2 Å². The maximum atomic E-state index is 12.7. The smallest absolute Gasteiger partial charge is 0.405 e. The van der Waals surface area contributed by atoms with Gasteiger partial charge in [-0.2, -0.15) is 13.2 Å². The summed E-state index contributed by atoms with van der Waals surface area (Å²) in [6.07, 6.45) is -3.84. The second-order valence-corrected chi connectivity index (χ2v) is 4.41. The quantitative estimate of drug-likeness (QED) is 0.367. The molecule has 0 saturated heterocycles. The lowest BCUT2D eigenvalue weighted by Crippen LogP contribution is -2.36. The van der Waals surface area contributed by atoms with Crippen LogP contribution >= 0.6 is 0 Å². The van der Waals surface area contributed by atoms with Gasteiger partial charge in [0.2, 0.25) is 0 Å². The van der Waals surface area contributed by atoms with E-state index in [2.05, 4.69) is 5.16 Å². The predicted molar refractivity (Wildman–Crippen MR) is 74.1 cm³/mol. The van der Waals surface area contributed by atoms with E-state index in [1.165, 1.54) is 25.3 Å². The summed E-state index contributed by atoms with van der Waals surface area (Å²) in [6.45, 7) is 0.824. The molecule has 8 heteroatoms. The van der Waals surface area contributed by atoms with Crippen molar-refractivity contribution in [2.45, 2.75) is 19.5 Å². The number of nitrogens with two attached hydrogens (primary N) is 1. The highest BCUT2D eigenvalue weighted by Gasteiger charge is 2.31. The van der Waals surface area contributed by atoms with Gasteiger partial charge in [-0.1, -0.05) is 12.1 Å². The van der Waals surface area contributed by atoms with E-state index in [1.807, 2.05) is 0 Å². The first-order valence-electron chi connectivity index (χ1n) is 6.30. The third-order valence-electron chi connectivity index (χ3n) is 2.79. The molecule has 0 saturated carbocycles. The lowest BCUT2D eigenvalue weighted by Gasteiger charge is -2.27. The van der Waals surface area contributed by atoms with Gasteiger partial charge < -0.3 is 20.6 Å². The number of methoxy groups -OCH3 is 1. The molecule has 0 aliphatic carbocycles. The number of nitrogens with zero attached hydrogens (tertiary/aromatic N) is 2. The minimum absolute atomic E-state index is 0.179. The second-order valence-electron chi connectivity index (χ2n) is 4.41. The Morgan fingerprint density at radius 1 is 1.43 bits per heavy atom. The van der Waals surface area contributed by atoms with Gasteiger partial charge in [0.15, 0.2) is 5.84 Å². The molecule has 0 heterocycles. The fraction of sp³-hybridized carbons (Fsp3) is 0.462. The number of hydrogen-bond acceptors (Lipinski definition) is 4. The molecule has 0 aliphatic rings. The molecule has 0 aliphatic heterocycles. The average Bonchev–Trinajstić information content (AvgIpc) is 2.44. The van der Waals surface area contributed by atoms with E-state index in [0.717, 1.165) is 4.90 Å². The molecule has 0 bridgehead atoms. The zero-order valence-corrected chi connectivity index (χ0v) is 11.8. The molecular weight excluding hydrogens is 287 g/mol. The molecule has 0 aromatic heterocycles. The Kier molecular flexibility index (Phi) is 5.69. The summed E-state index contributed by atoms with van der Waals surface area (Å²) in [5.41, 5.74) is 5.97. The molecule has 0 spiro atoms. The topological polar surface area (TPSA) is 71.1 Å². The number of alkyl halides is 3. The van der Waals surface area contributed by atoms with Gasteiger partial charge in [0.1, 0.15) is 12.3 Å². The minimum Gasteiger partial charge on any atom is -0.497 e. The zero-order valence-electron chi connectivity index (χ0n) is 11.8. The summed E-state index contributed by atoms with van der Waals surface area (Å²) < 4.78 is 43.2. The van der Waals surface area contributed by atoms with Crippen LogP contribution in [0.15, 0.2) is 23.4 Å². The molecule has 21 heavy (non-hydrogen) atoms. The van der Waals surface area contributed by atoms with Crippen molar-refractivity contribution in [2.75, 3.05) is 25.1 Å². The normalized spacial score (nSPS) is 12.3. The monoisotopic (exact) mass is 305 g/mol. The summed E-state index contributed by atoms with van der Waals surface area (Å²) in [5.74, 6) is 0.138. The average molecular weight is 305 g/mol. The molecule has 3 N–H and O–H groups in total. The Hall–Kier alpha value is -2.12.